The SMILES string of the molecule is O=C(O)CC(=O)CCBr. The van der Waals surface area contributed by atoms with Gasteiger partial charge in [0.15, 0.2) is 0 Å². The van der Waals surface area contributed by atoms with Gasteiger partial charge in [-0.3, -0.25) is 9.59 Å². The monoisotopic (exact) mass is 194 g/mol. The second-order valence-corrected chi connectivity index (χ2v) is 2.34. The number of carboxylic acids is 1. The summed E-state index contributed by atoms with van der Waals surface area (Å²) in [7, 11) is 0. The summed E-state index contributed by atoms with van der Waals surface area (Å²) in [4.78, 5) is 20.3. The van der Waals surface area contributed by atoms with E-state index in [1.807, 2.05) is 0 Å². The lowest BCUT2D eigenvalue weighted by Crippen LogP contribution is -2.06. The number of Topliss-reactive ketones (excluding diaryl/α,β-unsaturated/α-hetero) is 1. The fraction of sp³-hybridized carbons (Fsp3) is 0.600. The Hall–Kier alpha value is -0.380. The van der Waals surface area contributed by atoms with E-state index in [0.717, 1.165) is 0 Å². The first-order chi connectivity index (χ1) is 4.16. The van der Waals surface area contributed by atoms with Crippen molar-refractivity contribution in [3.8, 4) is 0 Å². The highest BCUT2D eigenvalue weighted by Crippen LogP contribution is 1.93. The molecule has 0 aromatic carbocycles. The van der Waals surface area contributed by atoms with Crippen LogP contribution in [0.3, 0.4) is 0 Å². The lowest BCUT2D eigenvalue weighted by atomic mass is 10.2. The number of alkyl halides is 1. The largest absolute Gasteiger partial charge is 0.481 e. The Balaban J connectivity index is 3.39. The van der Waals surface area contributed by atoms with Crippen LogP contribution in [0.1, 0.15) is 12.8 Å². The first-order valence-corrected chi connectivity index (χ1v) is 3.58. The van der Waals surface area contributed by atoms with Gasteiger partial charge < -0.3 is 5.11 Å². The van der Waals surface area contributed by atoms with Crippen molar-refractivity contribution in [3.05, 3.63) is 0 Å². The van der Waals surface area contributed by atoms with E-state index < -0.39 is 5.97 Å². The van der Waals surface area contributed by atoms with E-state index in [1.165, 1.54) is 0 Å². The normalized spacial score (nSPS) is 9.00. The highest BCUT2D eigenvalue weighted by Gasteiger charge is 2.05. The van der Waals surface area contributed by atoms with Gasteiger partial charge in [0.25, 0.3) is 0 Å². The minimum absolute atomic E-state index is 0.237. The molecule has 0 bridgehead atoms. The smallest absolute Gasteiger partial charge is 0.310 e. The van der Waals surface area contributed by atoms with Crippen LogP contribution >= 0.6 is 15.9 Å². The molecular weight excluding hydrogens is 188 g/mol. The lowest BCUT2D eigenvalue weighted by Gasteiger charge is -1.89. The molecule has 1 N–H and O–H groups in total. The molecule has 0 radical (unpaired) electrons. The molecule has 0 aliphatic carbocycles. The molecule has 0 heterocycles. The maximum Gasteiger partial charge on any atom is 0.310 e. The molecule has 0 unspecified atom stereocenters. The van der Waals surface area contributed by atoms with Gasteiger partial charge in [0.1, 0.15) is 12.2 Å². The van der Waals surface area contributed by atoms with Crippen LogP contribution in [0.4, 0.5) is 0 Å². The van der Waals surface area contributed by atoms with Crippen LogP contribution in [0.5, 0.6) is 0 Å². The molecule has 0 saturated heterocycles. The van der Waals surface area contributed by atoms with Crippen molar-refractivity contribution in [2.24, 2.45) is 0 Å². The van der Waals surface area contributed by atoms with Crippen molar-refractivity contribution in [1.29, 1.82) is 0 Å². The Morgan fingerprint density at radius 2 is 2.00 bits per heavy atom. The molecule has 0 atom stereocenters. The van der Waals surface area contributed by atoms with Gasteiger partial charge in [0.2, 0.25) is 0 Å². The first kappa shape index (κ1) is 8.62. The first-order valence-electron chi connectivity index (χ1n) is 2.46. The fourth-order valence-corrected chi connectivity index (χ4v) is 0.805. The predicted molar refractivity (Wildman–Crippen MR) is 35.7 cm³/mol. The maximum atomic E-state index is 10.4. The Kier molecular flexibility index (Phi) is 4.30. The molecule has 0 fully saturated rings. The van der Waals surface area contributed by atoms with Crippen LogP contribution in [0.15, 0.2) is 0 Å². The summed E-state index contributed by atoms with van der Waals surface area (Å²) >= 11 is 3.03. The van der Waals surface area contributed by atoms with Crippen molar-refractivity contribution in [3.63, 3.8) is 0 Å². The van der Waals surface area contributed by atoms with E-state index in [-0.39, 0.29) is 12.2 Å². The van der Waals surface area contributed by atoms with E-state index >= 15 is 0 Å². The second kappa shape index (κ2) is 4.49. The van der Waals surface area contributed by atoms with E-state index in [2.05, 4.69) is 15.9 Å². The van der Waals surface area contributed by atoms with Crippen LogP contribution in [0, 0.1) is 0 Å². The Labute approximate surface area is 61.2 Å². The topological polar surface area (TPSA) is 54.4 Å². The van der Waals surface area contributed by atoms with E-state index in [1.54, 1.807) is 0 Å². The van der Waals surface area contributed by atoms with Crippen LogP contribution < -0.4 is 0 Å². The number of halogens is 1. The summed E-state index contributed by atoms with van der Waals surface area (Å²) in [6, 6.07) is 0. The molecule has 0 aliphatic heterocycles. The number of aliphatic carboxylic acids is 1. The van der Waals surface area contributed by atoms with Gasteiger partial charge in [-0.1, -0.05) is 15.9 Å². The van der Waals surface area contributed by atoms with Crippen LogP contribution in [-0.2, 0) is 9.59 Å². The van der Waals surface area contributed by atoms with Crippen molar-refractivity contribution < 1.29 is 14.7 Å². The second-order valence-electron chi connectivity index (χ2n) is 1.55. The van der Waals surface area contributed by atoms with Crippen molar-refractivity contribution in [1.82, 2.24) is 0 Å². The average Bonchev–Trinajstić information content (AvgIpc) is 1.63. The molecule has 0 rings (SSSR count). The molecule has 0 amide bonds. The van der Waals surface area contributed by atoms with E-state index in [4.69, 9.17) is 5.11 Å². The Bertz CT molecular complexity index is 121. The quantitative estimate of drug-likeness (QED) is 0.533. The molecule has 3 nitrogen and oxygen atoms in total. The lowest BCUT2D eigenvalue weighted by molar-refractivity contribution is -0.140. The molecule has 0 saturated carbocycles. The van der Waals surface area contributed by atoms with Gasteiger partial charge in [-0.05, 0) is 0 Å². The summed E-state index contributed by atoms with van der Waals surface area (Å²) < 4.78 is 0. The predicted octanol–water partition coefficient (Wildman–Crippen LogP) is 0.815. The molecule has 0 aromatic rings. The third kappa shape index (κ3) is 5.49. The third-order valence-corrected chi connectivity index (χ3v) is 1.12. The summed E-state index contributed by atoms with van der Waals surface area (Å²) in [6.07, 6.45) is -0.0576. The van der Waals surface area contributed by atoms with E-state index in [9.17, 15) is 9.59 Å². The molecular formula is C5H7BrO3. The van der Waals surface area contributed by atoms with Crippen molar-refractivity contribution >= 4 is 27.7 Å². The number of rotatable bonds is 4. The van der Waals surface area contributed by atoms with Crippen molar-refractivity contribution in [2.45, 2.75) is 12.8 Å². The number of carbonyl (C=O) groups excluding carboxylic acids is 1. The maximum absolute atomic E-state index is 10.4. The molecule has 0 aliphatic rings. The van der Waals surface area contributed by atoms with Crippen LogP contribution in [-0.4, -0.2) is 22.2 Å². The van der Waals surface area contributed by atoms with Crippen LogP contribution in [0.25, 0.3) is 0 Å². The molecule has 0 aromatic heterocycles. The zero-order chi connectivity index (χ0) is 7.28. The highest BCUT2D eigenvalue weighted by atomic mass is 79.9. The number of hydrogen-bond donors (Lipinski definition) is 1. The minimum atomic E-state index is -1.05. The summed E-state index contributed by atoms with van der Waals surface area (Å²) in [6.45, 7) is 0. The number of ketones is 1. The molecule has 0 spiro atoms. The number of carboxylic acid groups (broad SMARTS) is 1. The summed E-state index contributed by atoms with van der Waals surface area (Å²) in [5, 5.41) is 8.62. The Morgan fingerprint density at radius 1 is 1.44 bits per heavy atom. The van der Waals surface area contributed by atoms with Gasteiger partial charge in [0, 0.05) is 11.8 Å². The van der Waals surface area contributed by atoms with Gasteiger partial charge in [0.05, 0.1) is 0 Å². The van der Waals surface area contributed by atoms with Gasteiger partial charge in [-0.2, -0.15) is 0 Å². The summed E-state index contributed by atoms with van der Waals surface area (Å²) in [5.74, 6) is -1.29. The standard InChI is InChI=1S/C5H7BrO3/c6-2-1-4(7)3-5(8)9/h1-3H2,(H,8,9). The molecule has 52 valence electrons. The zero-order valence-corrected chi connectivity index (χ0v) is 6.35. The zero-order valence-electron chi connectivity index (χ0n) is 4.76. The molecule has 4 heteroatoms. The highest BCUT2D eigenvalue weighted by molar-refractivity contribution is 9.09. The fourth-order valence-electron chi connectivity index (χ4n) is 0.362. The average molecular weight is 195 g/mol. The van der Waals surface area contributed by atoms with Gasteiger partial charge in [-0.25, -0.2) is 0 Å². The number of carbonyl (C=O) groups is 2. The molecule has 9 heavy (non-hydrogen) atoms. The Morgan fingerprint density at radius 3 is 2.33 bits per heavy atom. The van der Waals surface area contributed by atoms with Crippen molar-refractivity contribution in [2.75, 3.05) is 5.33 Å². The number of hydrogen-bond acceptors (Lipinski definition) is 2. The third-order valence-electron chi connectivity index (χ3n) is 0.722. The summed E-state index contributed by atoms with van der Waals surface area (Å²) in [5.41, 5.74) is 0. The minimum Gasteiger partial charge on any atom is -0.481 e. The van der Waals surface area contributed by atoms with Gasteiger partial charge >= 0.3 is 5.97 Å². The van der Waals surface area contributed by atoms with E-state index in [0.29, 0.717) is 11.8 Å². The van der Waals surface area contributed by atoms with Crippen LogP contribution in [0.2, 0.25) is 0 Å². The van der Waals surface area contributed by atoms with Gasteiger partial charge in [-0.15, -0.1) is 0 Å².